The molecule has 2 nitrogen and oxygen atoms in total. The average molecular weight is 235 g/mol. The SMILES string of the molecule is CCCNC(CC)C(C)Oc1ccc(C)cc1. The van der Waals surface area contributed by atoms with E-state index in [2.05, 4.69) is 45.1 Å². The van der Waals surface area contributed by atoms with Crippen molar-refractivity contribution in [3.63, 3.8) is 0 Å². The molecule has 0 aromatic heterocycles. The molecule has 0 heterocycles. The number of nitrogens with one attached hydrogen (secondary N) is 1. The van der Waals surface area contributed by atoms with Crippen LogP contribution in [0.25, 0.3) is 0 Å². The van der Waals surface area contributed by atoms with Crippen LogP contribution in [0.2, 0.25) is 0 Å². The predicted molar refractivity (Wildman–Crippen MR) is 73.6 cm³/mol. The Morgan fingerprint density at radius 1 is 1.18 bits per heavy atom. The molecule has 17 heavy (non-hydrogen) atoms. The molecule has 0 aliphatic heterocycles. The summed E-state index contributed by atoms with van der Waals surface area (Å²) >= 11 is 0. The lowest BCUT2D eigenvalue weighted by molar-refractivity contribution is 0.167. The van der Waals surface area contributed by atoms with E-state index in [0.717, 1.165) is 25.1 Å². The average Bonchev–Trinajstić information content (AvgIpc) is 2.33. The fraction of sp³-hybridized carbons (Fsp3) is 0.600. The van der Waals surface area contributed by atoms with Crippen molar-refractivity contribution < 1.29 is 4.74 Å². The molecule has 0 aliphatic carbocycles. The second kappa shape index (κ2) is 7.33. The Bertz CT molecular complexity index is 307. The highest BCUT2D eigenvalue weighted by Crippen LogP contribution is 2.15. The fourth-order valence-corrected chi connectivity index (χ4v) is 1.89. The van der Waals surface area contributed by atoms with Gasteiger partial charge in [-0.15, -0.1) is 0 Å². The zero-order valence-corrected chi connectivity index (χ0v) is 11.5. The van der Waals surface area contributed by atoms with Gasteiger partial charge in [0.25, 0.3) is 0 Å². The van der Waals surface area contributed by atoms with E-state index < -0.39 is 0 Å². The standard InChI is InChI=1S/C15H25NO/c1-5-11-16-15(6-2)13(4)17-14-9-7-12(3)8-10-14/h7-10,13,15-16H,5-6,11H2,1-4H3. The van der Waals surface area contributed by atoms with Gasteiger partial charge in [-0.2, -0.15) is 0 Å². The highest BCUT2D eigenvalue weighted by atomic mass is 16.5. The van der Waals surface area contributed by atoms with Crippen molar-refractivity contribution in [1.82, 2.24) is 5.32 Å². The van der Waals surface area contributed by atoms with Gasteiger partial charge in [0.1, 0.15) is 11.9 Å². The molecule has 1 aromatic carbocycles. The molecule has 1 rings (SSSR count). The molecule has 0 radical (unpaired) electrons. The third kappa shape index (κ3) is 4.78. The van der Waals surface area contributed by atoms with E-state index in [4.69, 9.17) is 4.74 Å². The maximum Gasteiger partial charge on any atom is 0.119 e. The monoisotopic (exact) mass is 235 g/mol. The number of hydrogen-bond acceptors (Lipinski definition) is 2. The minimum absolute atomic E-state index is 0.203. The molecule has 1 N–H and O–H groups in total. The summed E-state index contributed by atoms with van der Waals surface area (Å²) in [5, 5.41) is 3.53. The lowest BCUT2D eigenvalue weighted by Gasteiger charge is -2.25. The molecule has 1 aromatic rings. The highest BCUT2D eigenvalue weighted by Gasteiger charge is 2.15. The van der Waals surface area contributed by atoms with Crippen molar-refractivity contribution in [3.8, 4) is 5.75 Å². The van der Waals surface area contributed by atoms with Gasteiger partial charge in [-0.25, -0.2) is 0 Å². The normalized spacial score (nSPS) is 14.4. The summed E-state index contributed by atoms with van der Waals surface area (Å²) in [6.45, 7) is 9.66. The first-order chi connectivity index (χ1) is 8.17. The van der Waals surface area contributed by atoms with Gasteiger partial charge in [-0.1, -0.05) is 31.5 Å². The molecule has 0 aliphatic rings. The first-order valence-corrected chi connectivity index (χ1v) is 6.64. The van der Waals surface area contributed by atoms with Crippen molar-refractivity contribution in [3.05, 3.63) is 29.8 Å². The van der Waals surface area contributed by atoms with E-state index in [1.54, 1.807) is 0 Å². The number of ether oxygens (including phenoxy) is 1. The van der Waals surface area contributed by atoms with Gasteiger partial charge in [0, 0.05) is 6.04 Å². The predicted octanol–water partition coefficient (Wildman–Crippen LogP) is 3.54. The van der Waals surface area contributed by atoms with Crippen LogP contribution in [0.4, 0.5) is 0 Å². The Balaban J connectivity index is 2.51. The molecule has 96 valence electrons. The minimum Gasteiger partial charge on any atom is -0.489 e. The zero-order valence-electron chi connectivity index (χ0n) is 11.5. The summed E-state index contributed by atoms with van der Waals surface area (Å²) in [6, 6.07) is 8.68. The smallest absolute Gasteiger partial charge is 0.119 e. The van der Waals surface area contributed by atoms with Gasteiger partial charge in [-0.05, 0) is 45.4 Å². The van der Waals surface area contributed by atoms with Crippen LogP contribution >= 0.6 is 0 Å². The fourth-order valence-electron chi connectivity index (χ4n) is 1.89. The summed E-state index contributed by atoms with van der Waals surface area (Å²) in [5.74, 6) is 0.958. The molecule has 0 spiro atoms. The van der Waals surface area contributed by atoms with E-state index in [9.17, 15) is 0 Å². The van der Waals surface area contributed by atoms with Crippen LogP contribution in [0.1, 0.15) is 39.2 Å². The summed E-state index contributed by atoms with van der Waals surface area (Å²) in [6.07, 6.45) is 2.45. The Labute approximate surface area is 105 Å². The Morgan fingerprint density at radius 2 is 1.82 bits per heavy atom. The number of benzene rings is 1. The number of rotatable bonds is 7. The topological polar surface area (TPSA) is 21.3 Å². The van der Waals surface area contributed by atoms with Crippen LogP contribution in [0.3, 0.4) is 0 Å². The van der Waals surface area contributed by atoms with Gasteiger partial charge in [0.2, 0.25) is 0 Å². The van der Waals surface area contributed by atoms with Gasteiger partial charge in [0.05, 0.1) is 0 Å². The number of aryl methyl sites for hydroxylation is 1. The Morgan fingerprint density at radius 3 is 2.35 bits per heavy atom. The van der Waals surface area contributed by atoms with Crippen LogP contribution in [-0.2, 0) is 0 Å². The molecule has 0 saturated heterocycles. The summed E-state index contributed by atoms with van der Waals surface area (Å²) in [4.78, 5) is 0. The lowest BCUT2D eigenvalue weighted by Crippen LogP contribution is -2.41. The van der Waals surface area contributed by atoms with Gasteiger partial charge >= 0.3 is 0 Å². The van der Waals surface area contributed by atoms with Crippen molar-refractivity contribution >= 4 is 0 Å². The molecule has 0 bridgehead atoms. The van der Waals surface area contributed by atoms with E-state index in [1.165, 1.54) is 5.56 Å². The van der Waals surface area contributed by atoms with Gasteiger partial charge in [0.15, 0.2) is 0 Å². The van der Waals surface area contributed by atoms with Crippen molar-refractivity contribution in [2.24, 2.45) is 0 Å². The van der Waals surface area contributed by atoms with Gasteiger partial charge in [-0.3, -0.25) is 0 Å². The zero-order chi connectivity index (χ0) is 12.7. The molecule has 0 fully saturated rings. The molecule has 0 saturated carbocycles. The van der Waals surface area contributed by atoms with E-state index in [1.807, 2.05) is 12.1 Å². The second-order valence-electron chi connectivity index (χ2n) is 4.60. The minimum atomic E-state index is 0.203. The third-order valence-electron chi connectivity index (χ3n) is 3.01. The maximum absolute atomic E-state index is 5.96. The summed E-state index contributed by atoms with van der Waals surface area (Å²) in [5.41, 5.74) is 1.26. The van der Waals surface area contributed by atoms with Crippen LogP contribution in [0.5, 0.6) is 5.75 Å². The van der Waals surface area contributed by atoms with E-state index in [0.29, 0.717) is 6.04 Å². The molecular formula is C15H25NO. The molecule has 2 unspecified atom stereocenters. The summed E-state index contributed by atoms with van der Waals surface area (Å²) < 4.78 is 5.96. The molecule has 2 heteroatoms. The van der Waals surface area contributed by atoms with Crippen molar-refractivity contribution in [2.75, 3.05) is 6.54 Å². The second-order valence-corrected chi connectivity index (χ2v) is 4.60. The Hall–Kier alpha value is -1.02. The number of hydrogen-bond donors (Lipinski definition) is 1. The van der Waals surface area contributed by atoms with Crippen molar-refractivity contribution in [1.29, 1.82) is 0 Å². The Kier molecular flexibility index (Phi) is 6.06. The van der Waals surface area contributed by atoms with E-state index in [-0.39, 0.29) is 6.10 Å². The maximum atomic E-state index is 5.96. The van der Waals surface area contributed by atoms with Gasteiger partial charge < -0.3 is 10.1 Å². The molecular weight excluding hydrogens is 210 g/mol. The van der Waals surface area contributed by atoms with Crippen LogP contribution < -0.4 is 10.1 Å². The quantitative estimate of drug-likeness (QED) is 0.780. The summed E-state index contributed by atoms with van der Waals surface area (Å²) in [7, 11) is 0. The first kappa shape index (κ1) is 14.0. The lowest BCUT2D eigenvalue weighted by atomic mass is 10.1. The van der Waals surface area contributed by atoms with Crippen molar-refractivity contribution in [2.45, 2.75) is 52.7 Å². The molecule has 2 atom stereocenters. The largest absolute Gasteiger partial charge is 0.489 e. The van der Waals surface area contributed by atoms with E-state index >= 15 is 0 Å². The van der Waals surface area contributed by atoms with Crippen LogP contribution in [0, 0.1) is 6.92 Å². The first-order valence-electron chi connectivity index (χ1n) is 6.64. The third-order valence-corrected chi connectivity index (χ3v) is 3.01. The molecule has 0 amide bonds. The van der Waals surface area contributed by atoms with Crippen LogP contribution in [0.15, 0.2) is 24.3 Å². The van der Waals surface area contributed by atoms with Crippen LogP contribution in [-0.4, -0.2) is 18.7 Å². The highest BCUT2D eigenvalue weighted by molar-refractivity contribution is 5.26.